The minimum absolute atomic E-state index is 0.123. The molecule has 6 nitrogen and oxygen atoms in total. The average molecular weight is 403 g/mol. The molecule has 2 aromatic carbocycles. The lowest BCUT2D eigenvalue weighted by molar-refractivity contribution is -0.156. The SMILES string of the molecule is O=C(O)C1C2CCC(CC2)C1C(=O)Nc1cnn(Cc2cccc3ccccc23)c1. The Bertz CT molecular complexity index is 1090. The predicted octanol–water partition coefficient (Wildman–Crippen LogP) is 4.16. The van der Waals surface area contributed by atoms with Crippen molar-refractivity contribution in [2.45, 2.75) is 32.2 Å². The van der Waals surface area contributed by atoms with Crippen LogP contribution in [0.4, 0.5) is 5.69 Å². The Morgan fingerprint density at radius 3 is 2.47 bits per heavy atom. The van der Waals surface area contributed by atoms with E-state index in [9.17, 15) is 14.7 Å². The minimum Gasteiger partial charge on any atom is -0.481 e. The molecule has 1 aromatic heterocycles. The normalized spacial score (nSPS) is 25.3. The molecule has 0 spiro atoms. The molecule has 154 valence electrons. The van der Waals surface area contributed by atoms with Crippen LogP contribution in [0.2, 0.25) is 0 Å². The molecule has 1 heterocycles. The van der Waals surface area contributed by atoms with E-state index in [-0.39, 0.29) is 17.7 Å². The molecule has 2 bridgehead atoms. The number of benzene rings is 2. The fourth-order valence-electron chi connectivity index (χ4n) is 5.53. The smallest absolute Gasteiger partial charge is 0.307 e. The number of amides is 1. The van der Waals surface area contributed by atoms with Gasteiger partial charge in [-0.25, -0.2) is 0 Å². The molecular formula is C24H25N3O3. The highest BCUT2D eigenvalue weighted by Crippen LogP contribution is 2.49. The van der Waals surface area contributed by atoms with Gasteiger partial charge in [0, 0.05) is 6.20 Å². The Balaban J connectivity index is 1.32. The van der Waals surface area contributed by atoms with E-state index in [0.29, 0.717) is 12.2 Å². The molecule has 3 aliphatic carbocycles. The Morgan fingerprint density at radius 2 is 1.70 bits per heavy atom. The van der Waals surface area contributed by atoms with E-state index in [4.69, 9.17) is 0 Å². The lowest BCUT2D eigenvalue weighted by Gasteiger charge is -2.45. The van der Waals surface area contributed by atoms with Crippen molar-refractivity contribution in [1.29, 1.82) is 0 Å². The maximum Gasteiger partial charge on any atom is 0.307 e. The summed E-state index contributed by atoms with van der Waals surface area (Å²) in [6.45, 7) is 0.600. The van der Waals surface area contributed by atoms with Gasteiger partial charge in [0.1, 0.15) is 0 Å². The average Bonchev–Trinajstić information content (AvgIpc) is 3.20. The highest BCUT2D eigenvalue weighted by atomic mass is 16.4. The zero-order valence-corrected chi connectivity index (χ0v) is 16.7. The number of hydrogen-bond acceptors (Lipinski definition) is 3. The van der Waals surface area contributed by atoms with Gasteiger partial charge in [-0.15, -0.1) is 0 Å². The van der Waals surface area contributed by atoms with Gasteiger partial charge < -0.3 is 10.4 Å². The molecule has 0 aliphatic heterocycles. The summed E-state index contributed by atoms with van der Waals surface area (Å²) in [5, 5.41) is 19.4. The van der Waals surface area contributed by atoms with Gasteiger partial charge in [-0.05, 0) is 53.9 Å². The largest absolute Gasteiger partial charge is 0.481 e. The molecule has 3 saturated carbocycles. The third-order valence-corrected chi connectivity index (χ3v) is 6.92. The van der Waals surface area contributed by atoms with Crippen molar-refractivity contribution in [2.75, 3.05) is 5.32 Å². The number of nitrogens with one attached hydrogen (secondary N) is 1. The van der Waals surface area contributed by atoms with Gasteiger partial charge in [-0.2, -0.15) is 5.10 Å². The highest BCUT2D eigenvalue weighted by Gasteiger charge is 2.50. The molecule has 6 heteroatoms. The van der Waals surface area contributed by atoms with E-state index in [1.165, 1.54) is 10.8 Å². The monoisotopic (exact) mass is 403 g/mol. The second-order valence-corrected chi connectivity index (χ2v) is 8.62. The maximum absolute atomic E-state index is 13.0. The van der Waals surface area contributed by atoms with Crippen LogP contribution in [0.1, 0.15) is 31.2 Å². The molecule has 1 amide bonds. The van der Waals surface area contributed by atoms with Gasteiger partial charge in [0.2, 0.25) is 5.91 Å². The lowest BCUT2D eigenvalue weighted by atomic mass is 9.58. The molecule has 2 N–H and O–H groups in total. The predicted molar refractivity (Wildman–Crippen MR) is 114 cm³/mol. The molecule has 6 rings (SSSR count). The van der Waals surface area contributed by atoms with Crippen molar-refractivity contribution >= 4 is 28.3 Å². The summed E-state index contributed by atoms with van der Waals surface area (Å²) in [4.78, 5) is 24.8. The van der Waals surface area contributed by atoms with Crippen LogP contribution in [0.3, 0.4) is 0 Å². The second kappa shape index (κ2) is 7.59. The van der Waals surface area contributed by atoms with E-state index < -0.39 is 17.8 Å². The molecule has 2 unspecified atom stereocenters. The summed E-state index contributed by atoms with van der Waals surface area (Å²) < 4.78 is 1.80. The zero-order valence-electron chi connectivity index (χ0n) is 16.7. The molecule has 0 radical (unpaired) electrons. The fourth-order valence-corrected chi connectivity index (χ4v) is 5.53. The molecule has 2 atom stereocenters. The topological polar surface area (TPSA) is 84.2 Å². The number of carbonyl (C=O) groups excluding carboxylic acids is 1. The van der Waals surface area contributed by atoms with E-state index in [0.717, 1.165) is 31.2 Å². The van der Waals surface area contributed by atoms with Crippen molar-refractivity contribution in [3.63, 3.8) is 0 Å². The summed E-state index contributed by atoms with van der Waals surface area (Å²) in [5.74, 6) is -1.74. The van der Waals surface area contributed by atoms with Crippen molar-refractivity contribution in [2.24, 2.45) is 23.7 Å². The number of carboxylic acids is 1. The Morgan fingerprint density at radius 1 is 1.00 bits per heavy atom. The van der Waals surface area contributed by atoms with E-state index >= 15 is 0 Å². The van der Waals surface area contributed by atoms with E-state index in [2.05, 4.69) is 34.7 Å². The third-order valence-electron chi connectivity index (χ3n) is 6.92. The van der Waals surface area contributed by atoms with Gasteiger partial charge in [0.25, 0.3) is 0 Å². The number of aliphatic carboxylic acids is 1. The number of rotatable bonds is 5. The molecule has 3 aliphatic rings. The van der Waals surface area contributed by atoms with Crippen LogP contribution in [0.5, 0.6) is 0 Å². The lowest BCUT2D eigenvalue weighted by Crippen LogP contribution is -2.49. The number of carboxylic acid groups (broad SMARTS) is 1. The third kappa shape index (κ3) is 3.36. The summed E-state index contributed by atoms with van der Waals surface area (Å²) in [7, 11) is 0. The first-order valence-corrected chi connectivity index (χ1v) is 10.6. The Hall–Kier alpha value is -3.15. The summed E-state index contributed by atoms with van der Waals surface area (Å²) >= 11 is 0. The van der Waals surface area contributed by atoms with Gasteiger partial charge in [0.15, 0.2) is 0 Å². The second-order valence-electron chi connectivity index (χ2n) is 8.62. The van der Waals surface area contributed by atoms with Crippen LogP contribution in [0.15, 0.2) is 54.9 Å². The van der Waals surface area contributed by atoms with Crippen LogP contribution < -0.4 is 5.32 Å². The van der Waals surface area contributed by atoms with Crippen molar-refractivity contribution in [1.82, 2.24) is 9.78 Å². The first kappa shape index (κ1) is 18.9. The molecule has 3 aromatic rings. The van der Waals surface area contributed by atoms with Gasteiger partial charge in [0.05, 0.1) is 30.3 Å². The maximum atomic E-state index is 13.0. The van der Waals surface area contributed by atoms with Crippen molar-refractivity contribution in [3.8, 4) is 0 Å². The standard InChI is InChI=1S/C24H25N3O3/c28-23(21-16-8-10-17(11-9-16)22(21)24(29)30)26-19-12-25-27(14-19)13-18-6-3-5-15-4-1-2-7-20(15)18/h1-7,12,14,16-17,21-22H,8-11,13H2,(H,26,28)(H,29,30). The molecule has 0 saturated heterocycles. The number of nitrogens with zero attached hydrogens (tertiary/aromatic N) is 2. The molecular weight excluding hydrogens is 378 g/mol. The van der Waals surface area contributed by atoms with Crippen LogP contribution >= 0.6 is 0 Å². The van der Waals surface area contributed by atoms with E-state index in [1.54, 1.807) is 10.9 Å². The number of anilines is 1. The van der Waals surface area contributed by atoms with Crippen LogP contribution in [-0.2, 0) is 16.1 Å². The van der Waals surface area contributed by atoms with Gasteiger partial charge in [-0.1, -0.05) is 42.5 Å². The fraction of sp³-hybridized carbons (Fsp3) is 0.375. The Labute approximate surface area is 174 Å². The Kier molecular flexibility index (Phi) is 4.77. The number of hydrogen-bond donors (Lipinski definition) is 2. The number of fused-ring (bicyclic) bond motifs is 4. The summed E-state index contributed by atoms with van der Waals surface area (Å²) in [6, 6.07) is 14.4. The highest BCUT2D eigenvalue weighted by molar-refractivity contribution is 5.95. The summed E-state index contributed by atoms with van der Waals surface area (Å²) in [6.07, 6.45) is 7.21. The van der Waals surface area contributed by atoms with Gasteiger partial charge in [-0.3, -0.25) is 14.3 Å². The number of carbonyl (C=O) groups is 2. The van der Waals surface area contributed by atoms with Crippen LogP contribution in [-0.4, -0.2) is 26.8 Å². The van der Waals surface area contributed by atoms with Crippen molar-refractivity contribution in [3.05, 3.63) is 60.4 Å². The number of aromatic nitrogens is 2. The quantitative estimate of drug-likeness (QED) is 0.670. The first-order chi connectivity index (χ1) is 14.6. The zero-order chi connectivity index (χ0) is 20.7. The molecule has 3 fully saturated rings. The summed E-state index contributed by atoms with van der Waals surface area (Å²) in [5.41, 5.74) is 1.77. The van der Waals surface area contributed by atoms with Crippen LogP contribution in [0, 0.1) is 23.7 Å². The molecule has 30 heavy (non-hydrogen) atoms. The van der Waals surface area contributed by atoms with E-state index in [1.807, 2.05) is 24.4 Å². The first-order valence-electron chi connectivity index (χ1n) is 10.6. The van der Waals surface area contributed by atoms with Gasteiger partial charge >= 0.3 is 5.97 Å². The van der Waals surface area contributed by atoms with Crippen LogP contribution in [0.25, 0.3) is 10.8 Å². The minimum atomic E-state index is -0.837. The van der Waals surface area contributed by atoms with Crippen molar-refractivity contribution < 1.29 is 14.7 Å².